The van der Waals surface area contributed by atoms with Crippen molar-refractivity contribution in [2.75, 3.05) is 19.7 Å². The van der Waals surface area contributed by atoms with E-state index in [0.29, 0.717) is 24.8 Å². The van der Waals surface area contributed by atoms with Crippen LogP contribution in [0.1, 0.15) is 39.0 Å². The van der Waals surface area contributed by atoms with E-state index >= 15 is 0 Å². The zero-order valence-corrected chi connectivity index (χ0v) is 10.8. The molecule has 2 aliphatic rings. The second kappa shape index (κ2) is 5.67. The fraction of sp³-hybridized carbons (Fsp3) is 0.786. The van der Waals surface area contributed by atoms with E-state index in [1.807, 2.05) is 6.92 Å². The summed E-state index contributed by atoms with van der Waals surface area (Å²) in [5.41, 5.74) is 0.609. The van der Waals surface area contributed by atoms with Crippen molar-refractivity contribution in [3.63, 3.8) is 0 Å². The highest BCUT2D eigenvalue weighted by molar-refractivity contribution is 5.88. The molecule has 0 spiro atoms. The Morgan fingerprint density at radius 3 is 2.88 bits per heavy atom. The Kier molecular flexibility index (Phi) is 4.21. The van der Waals surface area contributed by atoms with Gasteiger partial charge in [-0.15, -0.1) is 0 Å². The Labute approximate surface area is 104 Å². The lowest BCUT2D eigenvalue weighted by molar-refractivity contribution is -0.138. The molecule has 0 aromatic rings. The Bertz CT molecular complexity index is 301. The predicted molar refractivity (Wildman–Crippen MR) is 67.7 cm³/mol. The molecule has 0 aromatic heterocycles. The van der Waals surface area contributed by atoms with Crippen molar-refractivity contribution in [3.05, 3.63) is 12.2 Å². The molecule has 2 atom stereocenters. The van der Waals surface area contributed by atoms with Gasteiger partial charge in [0.05, 0.1) is 6.61 Å². The molecular weight excluding hydrogens is 214 g/mol. The summed E-state index contributed by atoms with van der Waals surface area (Å²) in [7, 11) is 0. The van der Waals surface area contributed by atoms with Gasteiger partial charge in [0.25, 0.3) is 0 Å². The summed E-state index contributed by atoms with van der Waals surface area (Å²) in [5, 5.41) is 0. The lowest BCUT2D eigenvalue weighted by Crippen LogP contribution is -2.37. The van der Waals surface area contributed by atoms with E-state index in [4.69, 9.17) is 4.74 Å². The van der Waals surface area contributed by atoms with Gasteiger partial charge in [-0.2, -0.15) is 0 Å². The van der Waals surface area contributed by atoms with Crippen LogP contribution in [-0.4, -0.2) is 36.6 Å². The van der Waals surface area contributed by atoms with E-state index in [9.17, 15) is 4.79 Å². The predicted octanol–water partition coefficient (Wildman–Crippen LogP) is 2.37. The van der Waals surface area contributed by atoms with Crippen LogP contribution in [-0.2, 0) is 9.53 Å². The maximum atomic E-state index is 11.5. The molecule has 2 fully saturated rings. The fourth-order valence-electron chi connectivity index (χ4n) is 3.24. The van der Waals surface area contributed by atoms with E-state index in [1.54, 1.807) is 0 Å². The molecule has 3 nitrogen and oxygen atoms in total. The van der Waals surface area contributed by atoms with Gasteiger partial charge in [-0.25, -0.2) is 4.79 Å². The maximum Gasteiger partial charge on any atom is 0.334 e. The van der Waals surface area contributed by atoms with Crippen LogP contribution in [0.25, 0.3) is 0 Å². The van der Waals surface area contributed by atoms with Gasteiger partial charge in [0, 0.05) is 18.2 Å². The summed E-state index contributed by atoms with van der Waals surface area (Å²) in [4.78, 5) is 14.0. The number of esters is 1. The molecule has 1 heterocycles. The quantitative estimate of drug-likeness (QED) is 0.555. The van der Waals surface area contributed by atoms with Gasteiger partial charge in [0.15, 0.2) is 0 Å². The van der Waals surface area contributed by atoms with Gasteiger partial charge in [0.1, 0.15) is 0 Å². The van der Waals surface area contributed by atoms with Gasteiger partial charge in [0.2, 0.25) is 0 Å². The van der Waals surface area contributed by atoms with Crippen LogP contribution in [0.3, 0.4) is 0 Å². The zero-order chi connectivity index (χ0) is 12.3. The number of nitrogens with zero attached hydrogens (tertiary/aromatic N) is 1. The lowest BCUT2D eigenvalue weighted by Gasteiger charge is -2.31. The molecule has 1 saturated heterocycles. The summed E-state index contributed by atoms with van der Waals surface area (Å²) in [6.07, 6.45) is 6.67. The summed E-state index contributed by atoms with van der Waals surface area (Å²) < 4.78 is 4.98. The number of likely N-dealkylation sites (tertiary alicyclic amines) is 1. The molecule has 0 amide bonds. The normalized spacial score (nSPS) is 28.8. The molecular formula is C14H23NO2. The number of hydrogen-bond donors (Lipinski definition) is 0. The standard InChI is InChI=1S/C14H23NO2/c1-3-17-14(16)11(2)10-15-9-8-12-6-4-5-7-13(12)15/h12-13H,2-10H2,1H3. The number of carbonyl (C=O) groups excluding carboxylic acids is 1. The summed E-state index contributed by atoms with van der Waals surface area (Å²) in [6.45, 7) is 7.94. The summed E-state index contributed by atoms with van der Waals surface area (Å²) in [6, 6.07) is 0.690. The van der Waals surface area contributed by atoms with Crippen LogP contribution in [0.4, 0.5) is 0 Å². The molecule has 0 N–H and O–H groups in total. The lowest BCUT2D eigenvalue weighted by atomic mass is 9.85. The second-order valence-electron chi connectivity index (χ2n) is 5.20. The van der Waals surface area contributed by atoms with Crippen molar-refractivity contribution >= 4 is 5.97 Å². The molecule has 2 unspecified atom stereocenters. The van der Waals surface area contributed by atoms with E-state index < -0.39 is 0 Å². The highest BCUT2D eigenvalue weighted by atomic mass is 16.5. The van der Waals surface area contributed by atoms with Crippen LogP contribution < -0.4 is 0 Å². The van der Waals surface area contributed by atoms with Crippen LogP contribution in [0.5, 0.6) is 0 Å². The second-order valence-corrected chi connectivity index (χ2v) is 5.20. The molecule has 1 aliphatic heterocycles. The highest BCUT2D eigenvalue weighted by Crippen LogP contribution is 2.36. The molecule has 96 valence electrons. The Hall–Kier alpha value is -0.830. The fourth-order valence-corrected chi connectivity index (χ4v) is 3.24. The van der Waals surface area contributed by atoms with Crippen LogP contribution >= 0.6 is 0 Å². The van der Waals surface area contributed by atoms with Crippen molar-refractivity contribution in [3.8, 4) is 0 Å². The minimum atomic E-state index is -0.230. The van der Waals surface area contributed by atoms with Gasteiger partial charge in [-0.1, -0.05) is 19.4 Å². The first-order chi connectivity index (χ1) is 8.22. The number of rotatable bonds is 4. The number of ether oxygens (including phenoxy) is 1. The van der Waals surface area contributed by atoms with Gasteiger partial charge in [-0.05, 0) is 38.6 Å². The topological polar surface area (TPSA) is 29.5 Å². The number of carbonyl (C=O) groups is 1. The van der Waals surface area contributed by atoms with E-state index in [0.717, 1.165) is 12.5 Å². The average Bonchev–Trinajstić information content (AvgIpc) is 2.73. The SMILES string of the molecule is C=C(CN1CCC2CCCCC21)C(=O)OCC. The minimum Gasteiger partial charge on any atom is -0.463 e. The van der Waals surface area contributed by atoms with Gasteiger partial charge >= 0.3 is 5.97 Å². The number of fused-ring (bicyclic) bond motifs is 1. The first kappa shape index (κ1) is 12.6. The minimum absolute atomic E-state index is 0.230. The Balaban J connectivity index is 1.86. The van der Waals surface area contributed by atoms with Crippen LogP contribution in [0, 0.1) is 5.92 Å². The summed E-state index contributed by atoms with van der Waals surface area (Å²) >= 11 is 0. The molecule has 17 heavy (non-hydrogen) atoms. The smallest absolute Gasteiger partial charge is 0.334 e. The van der Waals surface area contributed by atoms with Crippen LogP contribution in [0.2, 0.25) is 0 Å². The van der Waals surface area contributed by atoms with Crippen LogP contribution in [0.15, 0.2) is 12.2 Å². The highest BCUT2D eigenvalue weighted by Gasteiger charge is 2.35. The van der Waals surface area contributed by atoms with Gasteiger partial charge < -0.3 is 4.74 Å². The molecule has 3 heteroatoms. The third kappa shape index (κ3) is 2.89. The number of hydrogen-bond acceptors (Lipinski definition) is 3. The summed E-state index contributed by atoms with van der Waals surface area (Å²) in [5.74, 6) is 0.630. The third-order valence-electron chi connectivity index (χ3n) is 4.08. The molecule has 0 bridgehead atoms. The van der Waals surface area contributed by atoms with Gasteiger partial charge in [-0.3, -0.25) is 4.90 Å². The maximum absolute atomic E-state index is 11.5. The average molecular weight is 237 g/mol. The Morgan fingerprint density at radius 1 is 1.35 bits per heavy atom. The van der Waals surface area contributed by atoms with E-state index in [1.165, 1.54) is 32.1 Å². The zero-order valence-electron chi connectivity index (χ0n) is 10.8. The van der Waals surface area contributed by atoms with Crippen molar-refractivity contribution in [1.82, 2.24) is 4.90 Å². The molecule has 0 radical (unpaired) electrons. The first-order valence-electron chi connectivity index (χ1n) is 6.81. The third-order valence-corrected chi connectivity index (χ3v) is 4.08. The largest absolute Gasteiger partial charge is 0.463 e. The molecule has 0 aromatic carbocycles. The van der Waals surface area contributed by atoms with E-state index in [2.05, 4.69) is 11.5 Å². The van der Waals surface area contributed by atoms with Crippen molar-refractivity contribution in [2.45, 2.75) is 45.1 Å². The first-order valence-corrected chi connectivity index (χ1v) is 6.81. The van der Waals surface area contributed by atoms with Crippen molar-refractivity contribution in [1.29, 1.82) is 0 Å². The van der Waals surface area contributed by atoms with E-state index in [-0.39, 0.29) is 5.97 Å². The monoisotopic (exact) mass is 237 g/mol. The molecule has 2 rings (SSSR count). The van der Waals surface area contributed by atoms with Crippen molar-refractivity contribution < 1.29 is 9.53 Å². The molecule has 1 saturated carbocycles. The van der Waals surface area contributed by atoms with Crippen molar-refractivity contribution in [2.24, 2.45) is 5.92 Å². The molecule has 1 aliphatic carbocycles. The Morgan fingerprint density at radius 2 is 2.12 bits per heavy atom.